The van der Waals surface area contributed by atoms with E-state index in [2.05, 4.69) is 10.2 Å². The molecule has 0 aliphatic carbocycles. The van der Waals surface area contributed by atoms with Gasteiger partial charge >= 0.3 is 6.03 Å². The third-order valence-electron chi connectivity index (χ3n) is 4.88. The normalized spacial score (nSPS) is 13.9. The monoisotopic (exact) mass is 385 g/mol. The maximum absolute atomic E-state index is 12.5. The van der Waals surface area contributed by atoms with Gasteiger partial charge in [0.15, 0.2) is 11.5 Å². The van der Waals surface area contributed by atoms with Crippen molar-refractivity contribution in [2.75, 3.05) is 57.7 Å². The van der Waals surface area contributed by atoms with Gasteiger partial charge in [-0.05, 0) is 19.1 Å². The highest BCUT2D eigenvalue weighted by Gasteiger charge is 2.23. The predicted octanol–water partition coefficient (Wildman–Crippen LogP) is 3.37. The fraction of sp³-hybridized carbons (Fsp3) is 0.381. The zero-order valence-corrected chi connectivity index (χ0v) is 16.8. The molecular weight excluding hydrogens is 358 g/mol. The second-order valence-corrected chi connectivity index (χ2v) is 6.65. The lowest BCUT2D eigenvalue weighted by molar-refractivity contribution is 0.208. The number of carbonyl (C=O) groups excluding carboxylic acids is 1. The molecule has 0 unspecified atom stereocenters. The second-order valence-electron chi connectivity index (χ2n) is 6.65. The summed E-state index contributed by atoms with van der Waals surface area (Å²) < 4.78 is 16.3. The predicted molar refractivity (Wildman–Crippen MR) is 110 cm³/mol. The van der Waals surface area contributed by atoms with Gasteiger partial charge in [0.05, 0.1) is 21.3 Å². The molecule has 3 rings (SSSR count). The summed E-state index contributed by atoms with van der Waals surface area (Å²) in [5, 5.41) is 2.96. The number of methoxy groups -OCH3 is 3. The lowest BCUT2D eigenvalue weighted by Crippen LogP contribution is -2.50. The van der Waals surface area contributed by atoms with Gasteiger partial charge in [-0.1, -0.05) is 17.7 Å². The van der Waals surface area contributed by atoms with Crippen molar-refractivity contribution < 1.29 is 19.0 Å². The molecular formula is C21H27N3O4. The first kappa shape index (κ1) is 19.7. The first-order chi connectivity index (χ1) is 13.5. The topological polar surface area (TPSA) is 63.3 Å². The van der Waals surface area contributed by atoms with Crippen LogP contribution in [0.4, 0.5) is 16.2 Å². The van der Waals surface area contributed by atoms with Crippen LogP contribution in [-0.2, 0) is 0 Å². The minimum absolute atomic E-state index is 0.0756. The second kappa shape index (κ2) is 8.73. The molecule has 1 heterocycles. The number of anilines is 2. The largest absolute Gasteiger partial charge is 0.493 e. The zero-order chi connectivity index (χ0) is 20.1. The molecule has 0 aromatic heterocycles. The van der Waals surface area contributed by atoms with E-state index in [-0.39, 0.29) is 6.03 Å². The maximum Gasteiger partial charge on any atom is 0.321 e. The Morgan fingerprint density at radius 2 is 1.46 bits per heavy atom. The quantitative estimate of drug-likeness (QED) is 0.855. The molecule has 1 fully saturated rings. The van der Waals surface area contributed by atoms with Crippen molar-refractivity contribution >= 4 is 17.4 Å². The van der Waals surface area contributed by atoms with E-state index in [1.54, 1.807) is 21.3 Å². The van der Waals surface area contributed by atoms with Gasteiger partial charge in [-0.25, -0.2) is 4.79 Å². The van der Waals surface area contributed by atoms with Crippen LogP contribution in [0, 0.1) is 6.92 Å². The summed E-state index contributed by atoms with van der Waals surface area (Å²) >= 11 is 0. The number of amides is 2. The summed E-state index contributed by atoms with van der Waals surface area (Å²) in [5.41, 5.74) is 2.95. The molecule has 0 spiro atoms. The van der Waals surface area contributed by atoms with Crippen LogP contribution in [-0.4, -0.2) is 58.4 Å². The SMILES string of the molecule is COc1cc(N2CCN(C(=O)Nc3ccc(C)cc3)CC2)cc(OC)c1OC. The van der Waals surface area contributed by atoms with E-state index in [1.165, 1.54) is 0 Å². The molecule has 150 valence electrons. The van der Waals surface area contributed by atoms with Gasteiger partial charge in [0.25, 0.3) is 0 Å². The number of benzene rings is 2. The van der Waals surface area contributed by atoms with Crippen molar-refractivity contribution in [2.24, 2.45) is 0 Å². The molecule has 7 heteroatoms. The van der Waals surface area contributed by atoms with Crippen molar-refractivity contribution in [1.82, 2.24) is 4.90 Å². The summed E-state index contributed by atoms with van der Waals surface area (Å²) in [4.78, 5) is 16.6. The zero-order valence-electron chi connectivity index (χ0n) is 16.8. The van der Waals surface area contributed by atoms with E-state index < -0.39 is 0 Å². The molecule has 2 amide bonds. The van der Waals surface area contributed by atoms with E-state index in [0.717, 1.165) is 30.0 Å². The molecule has 2 aromatic carbocycles. The number of hydrogen-bond acceptors (Lipinski definition) is 5. The Morgan fingerprint density at radius 1 is 0.893 bits per heavy atom. The van der Waals surface area contributed by atoms with Crippen molar-refractivity contribution in [3.63, 3.8) is 0 Å². The van der Waals surface area contributed by atoms with Gasteiger partial charge in [0, 0.05) is 49.7 Å². The lowest BCUT2D eigenvalue weighted by Gasteiger charge is -2.36. The van der Waals surface area contributed by atoms with E-state index >= 15 is 0 Å². The number of nitrogens with zero attached hydrogens (tertiary/aromatic N) is 2. The molecule has 1 aliphatic rings. The Hall–Kier alpha value is -3.09. The Kier molecular flexibility index (Phi) is 6.13. The maximum atomic E-state index is 12.5. The van der Waals surface area contributed by atoms with Crippen LogP contribution in [0.5, 0.6) is 17.2 Å². The van der Waals surface area contributed by atoms with Gasteiger partial charge in [-0.15, -0.1) is 0 Å². The molecule has 0 radical (unpaired) electrons. The van der Waals surface area contributed by atoms with Crippen molar-refractivity contribution in [3.05, 3.63) is 42.0 Å². The number of aryl methyl sites for hydroxylation is 1. The van der Waals surface area contributed by atoms with Crippen LogP contribution >= 0.6 is 0 Å². The number of hydrogen-bond donors (Lipinski definition) is 1. The number of piperazine rings is 1. The summed E-state index contributed by atoms with van der Waals surface area (Å²) in [6.07, 6.45) is 0. The molecule has 28 heavy (non-hydrogen) atoms. The summed E-state index contributed by atoms with van der Waals surface area (Å²) in [6.45, 7) is 4.73. The van der Waals surface area contributed by atoms with Crippen molar-refractivity contribution in [3.8, 4) is 17.2 Å². The van der Waals surface area contributed by atoms with Gasteiger partial charge in [0.1, 0.15) is 0 Å². The molecule has 1 aliphatic heterocycles. The van der Waals surface area contributed by atoms with E-state index in [0.29, 0.717) is 30.3 Å². The average molecular weight is 385 g/mol. The number of carbonyl (C=O) groups is 1. The minimum Gasteiger partial charge on any atom is -0.493 e. The molecule has 1 saturated heterocycles. The molecule has 0 saturated carbocycles. The van der Waals surface area contributed by atoms with E-state index in [9.17, 15) is 4.79 Å². The molecule has 0 atom stereocenters. The van der Waals surface area contributed by atoms with Crippen LogP contribution in [0.2, 0.25) is 0 Å². The standard InChI is InChI=1S/C21H27N3O4/c1-15-5-7-16(8-6-15)22-21(25)24-11-9-23(10-12-24)17-13-18(26-2)20(28-4)19(14-17)27-3/h5-8,13-14H,9-12H2,1-4H3,(H,22,25). The van der Waals surface area contributed by atoms with Crippen molar-refractivity contribution in [1.29, 1.82) is 0 Å². The number of rotatable bonds is 5. The highest BCUT2D eigenvalue weighted by atomic mass is 16.5. The Balaban J connectivity index is 1.65. The minimum atomic E-state index is -0.0756. The van der Waals surface area contributed by atoms with Gasteiger partial charge in [-0.2, -0.15) is 0 Å². The third-order valence-corrected chi connectivity index (χ3v) is 4.88. The smallest absolute Gasteiger partial charge is 0.321 e. The molecule has 7 nitrogen and oxygen atoms in total. The third kappa shape index (κ3) is 4.24. The van der Waals surface area contributed by atoms with Crippen LogP contribution in [0.3, 0.4) is 0 Å². The van der Waals surface area contributed by atoms with E-state index in [4.69, 9.17) is 14.2 Å². The number of urea groups is 1. The first-order valence-electron chi connectivity index (χ1n) is 9.23. The summed E-state index contributed by atoms with van der Waals surface area (Å²) in [5.74, 6) is 1.82. The molecule has 1 N–H and O–H groups in total. The van der Waals surface area contributed by atoms with E-state index in [1.807, 2.05) is 48.2 Å². The first-order valence-corrected chi connectivity index (χ1v) is 9.23. The van der Waals surface area contributed by atoms with Crippen LogP contribution in [0.15, 0.2) is 36.4 Å². The number of ether oxygens (including phenoxy) is 3. The lowest BCUT2D eigenvalue weighted by atomic mass is 10.2. The molecule has 0 bridgehead atoms. The Morgan fingerprint density at radius 3 is 1.96 bits per heavy atom. The van der Waals surface area contributed by atoms with Crippen LogP contribution in [0.25, 0.3) is 0 Å². The summed E-state index contributed by atoms with van der Waals surface area (Å²) in [6, 6.07) is 11.6. The van der Waals surface area contributed by atoms with Crippen molar-refractivity contribution in [2.45, 2.75) is 6.92 Å². The van der Waals surface area contributed by atoms with Gasteiger partial charge in [-0.3, -0.25) is 0 Å². The highest BCUT2D eigenvalue weighted by Crippen LogP contribution is 2.41. The Labute approximate surface area is 165 Å². The van der Waals surface area contributed by atoms with Gasteiger partial charge < -0.3 is 29.3 Å². The average Bonchev–Trinajstić information content (AvgIpc) is 2.74. The molecule has 2 aromatic rings. The number of nitrogens with one attached hydrogen (secondary N) is 1. The van der Waals surface area contributed by atoms with Crippen LogP contribution in [0.1, 0.15) is 5.56 Å². The fourth-order valence-corrected chi connectivity index (χ4v) is 3.26. The van der Waals surface area contributed by atoms with Crippen LogP contribution < -0.4 is 24.4 Å². The Bertz CT molecular complexity index is 790. The fourth-order valence-electron chi connectivity index (χ4n) is 3.26. The highest BCUT2D eigenvalue weighted by molar-refractivity contribution is 5.89. The summed E-state index contributed by atoms with van der Waals surface area (Å²) in [7, 11) is 4.80. The van der Waals surface area contributed by atoms with Gasteiger partial charge in [0.2, 0.25) is 5.75 Å².